The van der Waals surface area contributed by atoms with Gasteiger partial charge in [0.15, 0.2) is 0 Å². The lowest BCUT2D eigenvalue weighted by Crippen LogP contribution is -2.48. The number of nitrogens with zero attached hydrogens (tertiary/aromatic N) is 4. The minimum atomic E-state index is -0.780. The quantitative estimate of drug-likeness (QED) is 0.325. The van der Waals surface area contributed by atoms with Gasteiger partial charge < -0.3 is 14.7 Å². The number of aliphatic carboxylic acids is 1. The first-order valence-corrected chi connectivity index (χ1v) is 15.6. The predicted octanol–water partition coefficient (Wildman–Crippen LogP) is 6.43. The lowest BCUT2D eigenvalue weighted by molar-refractivity contribution is -0.147. The van der Waals surface area contributed by atoms with Crippen LogP contribution in [0, 0.1) is 11.2 Å². The van der Waals surface area contributed by atoms with Gasteiger partial charge in [-0.05, 0) is 106 Å². The number of likely N-dealkylation sites (tertiary alicyclic amines) is 2. The van der Waals surface area contributed by atoms with Crippen LogP contribution in [0.5, 0.6) is 5.75 Å². The van der Waals surface area contributed by atoms with E-state index in [0.29, 0.717) is 12.5 Å². The van der Waals surface area contributed by atoms with Crippen LogP contribution >= 0.6 is 0 Å². The van der Waals surface area contributed by atoms with Gasteiger partial charge in [-0.3, -0.25) is 14.4 Å². The van der Waals surface area contributed by atoms with E-state index in [0.717, 1.165) is 42.9 Å². The van der Waals surface area contributed by atoms with Crippen LogP contribution in [0.2, 0.25) is 0 Å². The second kappa shape index (κ2) is 14.5. The van der Waals surface area contributed by atoms with Crippen LogP contribution in [0.3, 0.4) is 0 Å². The molecule has 2 aliphatic rings. The first-order chi connectivity index (χ1) is 20.5. The Bertz CT molecular complexity index is 1340. The Hall–Kier alpha value is -3.23. The molecule has 0 amide bonds. The average Bonchev–Trinajstić information content (AvgIpc) is 3.60. The number of ether oxygens (including phenoxy) is 1. The summed E-state index contributed by atoms with van der Waals surface area (Å²) < 4.78 is 20.8. The zero-order valence-corrected chi connectivity index (χ0v) is 26.7. The zero-order valence-electron chi connectivity index (χ0n) is 26.7. The third-order valence-electron chi connectivity index (χ3n) is 8.78. The minimum absolute atomic E-state index is 0.217. The number of halogens is 1. The van der Waals surface area contributed by atoms with Crippen molar-refractivity contribution in [3.63, 3.8) is 0 Å². The molecule has 2 aromatic carbocycles. The Kier molecular flexibility index (Phi) is 11.0. The second-order valence-electron chi connectivity index (χ2n) is 13.1. The Morgan fingerprint density at radius 1 is 1.05 bits per heavy atom. The maximum Gasteiger partial charge on any atom is 0.321 e. The largest absolute Gasteiger partial charge is 0.497 e. The van der Waals surface area contributed by atoms with Gasteiger partial charge in [0.1, 0.15) is 17.6 Å². The van der Waals surface area contributed by atoms with Crippen LogP contribution in [0.4, 0.5) is 4.39 Å². The summed E-state index contributed by atoms with van der Waals surface area (Å²) in [5, 5.41) is 14.3. The molecule has 43 heavy (non-hydrogen) atoms. The monoisotopic (exact) mass is 592 g/mol. The van der Waals surface area contributed by atoms with E-state index in [-0.39, 0.29) is 17.2 Å². The molecule has 2 fully saturated rings. The third-order valence-corrected chi connectivity index (χ3v) is 8.78. The summed E-state index contributed by atoms with van der Waals surface area (Å²) in [5.74, 6) is 0.768. The van der Waals surface area contributed by atoms with E-state index in [9.17, 15) is 14.3 Å². The number of rotatable bonds is 8. The summed E-state index contributed by atoms with van der Waals surface area (Å²) in [7, 11) is 3.92. The van der Waals surface area contributed by atoms with E-state index in [1.165, 1.54) is 43.3 Å². The second-order valence-corrected chi connectivity index (χ2v) is 13.1. The van der Waals surface area contributed by atoms with Crippen molar-refractivity contribution in [3.05, 3.63) is 82.9 Å². The van der Waals surface area contributed by atoms with Crippen molar-refractivity contribution in [3.8, 4) is 5.75 Å². The zero-order chi connectivity index (χ0) is 31.1. The number of hydrogen-bond acceptors (Lipinski definition) is 5. The summed E-state index contributed by atoms with van der Waals surface area (Å²) >= 11 is 0. The van der Waals surface area contributed by atoms with Crippen LogP contribution in [0.1, 0.15) is 81.3 Å². The Morgan fingerprint density at radius 3 is 2.37 bits per heavy atom. The molecule has 0 bridgehead atoms. The highest BCUT2D eigenvalue weighted by Crippen LogP contribution is 2.34. The highest BCUT2D eigenvalue weighted by Gasteiger charge is 2.40. The molecule has 1 aromatic heterocycles. The van der Waals surface area contributed by atoms with Crippen LogP contribution in [0.15, 0.2) is 54.6 Å². The Morgan fingerprint density at radius 2 is 1.74 bits per heavy atom. The summed E-state index contributed by atoms with van der Waals surface area (Å²) in [5.41, 5.74) is 4.47. The first-order valence-electron chi connectivity index (χ1n) is 15.6. The molecule has 5 rings (SSSR count). The fourth-order valence-electron chi connectivity index (χ4n) is 6.58. The van der Waals surface area contributed by atoms with Crippen molar-refractivity contribution >= 4 is 5.97 Å². The van der Waals surface area contributed by atoms with E-state index >= 15 is 0 Å². The molecular weight excluding hydrogens is 543 g/mol. The topological polar surface area (TPSA) is 70.8 Å². The first kappa shape index (κ1) is 32.7. The predicted molar refractivity (Wildman–Crippen MR) is 169 cm³/mol. The van der Waals surface area contributed by atoms with Crippen LogP contribution in [0.25, 0.3) is 0 Å². The van der Waals surface area contributed by atoms with Gasteiger partial charge in [0, 0.05) is 31.1 Å². The number of carboxylic acid groups (broad SMARTS) is 1. The fraction of sp³-hybridized carbons (Fsp3) is 0.543. The van der Waals surface area contributed by atoms with Crippen molar-refractivity contribution < 1.29 is 19.0 Å². The number of aromatic nitrogens is 2. The van der Waals surface area contributed by atoms with Crippen molar-refractivity contribution in [1.29, 1.82) is 0 Å². The van der Waals surface area contributed by atoms with Crippen molar-refractivity contribution in [1.82, 2.24) is 19.6 Å². The molecule has 3 aromatic rings. The van der Waals surface area contributed by atoms with E-state index in [2.05, 4.69) is 41.8 Å². The van der Waals surface area contributed by atoms with E-state index in [1.807, 2.05) is 43.9 Å². The molecule has 8 heteroatoms. The van der Waals surface area contributed by atoms with Gasteiger partial charge in [-0.25, -0.2) is 4.39 Å². The van der Waals surface area contributed by atoms with Crippen molar-refractivity contribution in [2.45, 2.75) is 77.8 Å². The molecular formula is C35H49FN4O3. The molecule has 0 radical (unpaired) electrons. The van der Waals surface area contributed by atoms with Crippen LogP contribution in [-0.4, -0.2) is 77.0 Å². The van der Waals surface area contributed by atoms with Gasteiger partial charge in [0.2, 0.25) is 0 Å². The number of aryl methyl sites for hydroxylation is 1. The van der Waals surface area contributed by atoms with Gasteiger partial charge in [0.25, 0.3) is 0 Å². The fourth-order valence-corrected chi connectivity index (χ4v) is 6.58. The van der Waals surface area contributed by atoms with Crippen LogP contribution in [-0.2, 0) is 17.8 Å². The van der Waals surface area contributed by atoms with Gasteiger partial charge in [0.05, 0.1) is 12.8 Å². The van der Waals surface area contributed by atoms with Gasteiger partial charge in [-0.15, -0.1) is 0 Å². The molecule has 0 spiro atoms. The van der Waals surface area contributed by atoms with Crippen molar-refractivity contribution in [2.75, 3.05) is 40.3 Å². The number of hydrogen-bond donors (Lipinski definition) is 1. The highest BCUT2D eigenvalue weighted by molar-refractivity contribution is 5.74. The maximum absolute atomic E-state index is 13.3. The van der Waals surface area contributed by atoms with Gasteiger partial charge >= 0.3 is 5.97 Å². The Labute approximate surface area is 256 Å². The smallest absolute Gasteiger partial charge is 0.321 e. The molecule has 0 aliphatic carbocycles. The van der Waals surface area contributed by atoms with E-state index in [4.69, 9.17) is 9.84 Å². The highest BCUT2D eigenvalue weighted by atomic mass is 19.1. The number of methoxy groups -OCH3 is 1. The van der Waals surface area contributed by atoms with Gasteiger partial charge in [-0.1, -0.05) is 45.0 Å². The standard InChI is InChI=1S/C19H27N3O.C16H22FNO2/c1-4-22-19(16-8-10-21(2)11-9-16)14-17(20-22)12-15-6-5-7-18(13-15)23-3;1-16(2,3)14(15(19)20)18-8-7-12(10-18)11-5-4-6-13(17)9-11/h5-7,13-14,16H,4,8-12H2,1-3H3;4-6,9,12,14H,7-8,10H2,1-3H3,(H,19,20)/t;12-,14+/m.1/s1. The Balaban J connectivity index is 0.000000199. The average molecular weight is 593 g/mol. The van der Waals surface area contributed by atoms with Crippen LogP contribution < -0.4 is 4.74 Å². The van der Waals surface area contributed by atoms with Crippen molar-refractivity contribution in [2.24, 2.45) is 5.41 Å². The SMILES string of the molecule is CC(C)(C)[C@H](C(=O)O)N1CC[C@@H](c2cccc(F)c2)C1.CCn1nc(Cc2cccc(OC)c2)cc1C1CCN(C)CC1. The molecule has 0 unspecified atom stereocenters. The number of piperidine rings is 1. The molecule has 3 heterocycles. The maximum atomic E-state index is 13.3. The molecule has 234 valence electrons. The van der Waals surface area contributed by atoms with Gasteiger partial charge in [-0.2, -0.15) is 5.10 Å². The summed E-state index contributed by atoms with van der Waals surface area (Å²) in [6.07, 6.45) is 4.22. The lowest BCUT2D eigenvalue weighted by atomic mass is 9.85. The molecule has 2 atom stereocenters. The molecule has 2 saturated heterocycles. The molecule has 0 saturated carbocycles. The van der Waals surface area contributed by atoms with E-state index in [1.54, 1.807) is 19.2 Å². The molecule has 2 aliphatic heterocycles. The minimum Gasteiger partial charge on any atom is -0.497 e. The number of benzene rings is 2. The summed E-state index contributed by atoms with van der Waals surface area (Å²) in [4.78, 5) is 16.0. The van der Waals surface area contributed by atoms with E-state index < -0.39 is 12.0 Å². The summed E-state index contributed by atoms with van der Waals surface area (Å²) in [6, 6.07) is 16.7. The normalized spacial score (nSPS) is 19.1. The number of carbonyl (C=O) groups is 1. The molecule has 7 nitrogen and oxygen atoms in total. The molecule has 1 N–H and O–H groups in total. The number of carboxylic acids is 1. The summed E-state index contributed by atoms with van der Waals surface area (Å²) in [6.45, 7) is 12.8. The lowest BCUT2D eigenvalue weighted by Gasteiger charge is -2.34. The third kappa shape index (κ3) is 8.67.